The van der Waals surface area contributed by atoms with Crippen LogP contribution in [0.2, 0.25) is 0 Å². The Bertz CT molecular complexity index is 1600. The second-order valence-electron chi connectivity index (χ2n) is 7.73. The van der Waals surface area contributed by atoms with Crippen molar-refractivity contribution in [2.75, 3.05) is 31.9 Å². The van der Waals surface area contributed by atoms with Crippen molar-refractivity contribution >= 4 is 39.1 Å². The standard InChI is InChI=1S/C25H23N7O5S/c1-4-36-20-13-32(22-12-29-25(26)38-22)31-23(20)24(33)30-21-6-5-14(11-28-21)37-17-7-8-27-16-10-19(35-3)18(34-2)9-15(16)17/h5-13H,4H2,1-3H3,(H2,26,29)(H,28,30,33). The maximum atomic E-state index is 13.0. The summed E-state index contributed by atoms with van der Waals surface area (Å²) in [5.74, 6) is 2.31. The minimum atomic E-state index is -0.480. The molecule has 5 rings (SSSR count). The molecule has 0 saturated carbocycles. The summed E-state index contributed by atoms with van der Waals surface area (Å²) in [7, 11) is 3.13. The van der Waals surface area contributed by atoms with Gasteiger partial charge in [-0.25, -0.2) is 14.6 Å². The van der Waals surface area contributed by atoms with E-state index in [1.54, 1.807) is 63.1 Å². The Balaban J connectivity index is 1.34. The van der Waals surface area contributed by atoms with Crippen molar-refractivity contribution in [2.45, 2.75) is 6.92 Å². The highest BCUT2D eigenvalue weighted by atomic mass is 32.1. The number of ether oxygens (including phenoxy) is 4. The van der Waals surface area contributed by atoms with E-state index in [0.717, 1.165) is 5.39 Å². The number of fused-ring (bicyclic) bond motifs is 1. The summed E-state index contributed by atoms with van der Waals surface area (Å²) in [6, 6.07) is 8.64. The molecule has 5 aromatic rings. The highest BCUT2D eigenvalue weighted by Crippen LogP contribution is 2.36. The first kappa shape index (κ1) is 24.8. The molecule has 12 nitrogen and oxygen atoms in total. The predicted octanol–water partition coefficient (Wildman–Crippen LogP) is 4.31. The summed E-state index contributed by atoms with van der Waals surface area (Å²) in [6.45, 7) is 2.19. The van der Waals surface area contributed by atoms with Crippen LogP contribution in [-0.4, -0.2) is 51.5 Å². The third-order valence-corrected chi connectivity index (χ3v) is 6.16. The van der Waals surface area contributed by atoms with E-state index < -0.39 is 5.91 Å². The maximum absolute atomic E-state index is 13.0. The second kappa shape index (κ2) is 10.6. The summed E-state index contributed by atoms with van der Waals surface area (Å²) < 4.78 is 23.9. The Kier molecular flexibility index (Phi) is 6.91. The number of rotatable bonds is 9. The number of methoxy groups -OCH3 is 2. The highest BCUT2D eigenvalue weighted by molar-refractivity contribution is 7.17. The number of benzene rings is 1. The van der Waals surface area contributed by atoms with Gasteiger partial charge in [-0.15, -0.1) is 0 Å². The van der Waals surface area contributed by atoms with E-state index in [0.29, 0.717) is 56.8 Å². The SMILES string of the molecule is CCOc1cn(-c2cnc(N)s2)nc1C(=O)Nc1ccc(Oc2ccnc3cc(OC)c(OC)cc23)cn1. The van der Waals surface area contributed by atoms with E-state index in [4.69, 9.17) is 24.7 Å². The van der Waals surface area contributed by atoms with Crippen LogP contribution in [0.5, 0.6) is 28.7 Å². The van der Waals surface area contributed by atoms with Crippen molar-refractivity contribution in [1.29, 1.82) is 0 Å². The fraction of sp³-hybridized carbons (Fsp3) is 0.160. The van der Waals surface area contributed by atoms with Gasteiger partial charge in [-0.3, -0.25) is 9.78 Å². The predicted molar refractivity (Wildman–Crippen MR) is 142 cm³/mol. The zero-order chi connectivity index (χ0) is 26.6. The average Bonchev–Trinajstić information content (AvgIpc) is 3.55. The lowest BCUT2D eigenvalue weighted by molar-refractivity contribution is 0.101. The van der Waals surface area contributed by atoms with Gasteiger partial charge in [0.25, 0.3) is 5.91 Å². The minimum absolute atomic E-state index is 0.105. The van der Waals surface area contributed by atoms with Crippen molar-refractivity contribution < 1.29 is 23.7 Å². The van der Waals surface area contributed by atoms with Crippen LogP contribution in [0, 0.1) is 0 Å². The molecule has 0 aliphatic carbocycles. The van der Waals surface area contributed by atoms with Gasteiger partial charge < -0.3 is 30.0 Å². The van der Waals surface area contributed by atoms with E-state index in [1.807, 2.05) is 6.92 Å². The lowest BCUT2D eigenvalue weighted by Gasteiger charge is -2.12. The molecule has 0 fully saturated rings. The Morgan fingerprint density at radius 1 is 1.03 bits per heavy atom. The maximum Gasteiger partial charge on any atom is 0.281 e. The first-order valence-corrected chi connectivity index (χ1v) is 12.2. The van der Waals surface area contributed by atoms with Gasteiger partial charge in [0.05, 0.1) is 44.9 Å². The molecular weight excluding hydrogens is 510 g/mol. The van der Waals surface area contributed by atoms with Crippen molar-refractivity contribution in [3.63, 3.8) is 0 Å². The van der Waals surface area contributed by atoms with E-state index in [9.17, 15) is 4.79 Å². The van der Waals surface area contributed by atoms with Crippen LogP contribution in [0.15, 0.2) is 55.1 Å². The zero-order valence-electron chi connectivity index (χ0n) is 20.7. The molecule has 0 radical (unpaired) electrons. The normalized spacial score (nSPS) is 10.8. The van der Waals surface area contributed by atoms with Crippen LogP contribution in [0.1, 0.15) is 17.4 Å². The molecule has 1 aromatic carbocycles. The lowest BCUT2D eigenvalue weighted by atomic mass is 10.2. The van der Waals surface area contributed by atoms with Crippen LogP contribution >= 0.6 is 11.3 Å². The summed E-state index contributed by atoms with van der Waals surface area (Å²) in [6.07, 6.45) is 6.33. The van der Waals surface area contributed by atoms with Gasteiger partial charge in [0.2, 0.25) is 0 Å². The molecule has 4 aromatic heterocycles. The van der Waals surface area contributed by atoms with E-state index in [-0.39, 0.29) is 5.69 Å². The summed E-state index contributed by atoms with van der Waals surface area (Å²) in [5.41, 5.74) is 6.51. The molecule has 194 valence electrons. The Morgan fingerprint density at radius 2 is 1.84 bits per heavy atom. The number of amides is 1. The first-order chi connectivity index (χ1) is 18.5. The monoisotopic (exact) mass is 533 g/mol. The molecule has 4 heterocycles. The first-order valence-electron chi connectivity index (χ1n) is 11.4. The number of carbonyl (C=O) groups is 1. The molecule has 0 bridgehead atoms. The molecule has 38 heavy (non-hydrogen) atoms. The third-order valence-electron chi connectivity index (χ3n) is 5.35. The van der Waals surface area contributed by atoms with Crippen molar-refractivity contribution in [3.05, 3.63) is 60.8 Å². The molecule has 3 N–H and O–H groups in total. The molecule has 1 amide bonds. The highest BCUT2D eigenvalue weighted by Gasteiger charge is 2.20. The number of thiazole rings is 1. The van der Waals surface area contributed by atoms with E-state index >= 15 is 0 Å². The zero-order valence-corrected chi connectivity index (χ0v) is 21.5. The minimum Gasteiger partial charge on any atom is -0.493 e. The average molecular weight is 534 g/mol. The fourth-order valence-electron chi connectivity index (χ4n) is 3.63. The number of nitrogens with two attached hydrogens (primary N) is 1. The van der Waals surface area contributed by atoms with Gasteiger partial charge in [0.1, 0.15) is 22.3 Å². The number of hydrogen-bond acceptors (Lipinski definition) is 11. The number of nitrogens with zero attached hydrogens (tertiary/aromatic N) is 5. The quantitative estimate of drug-likeness (QED) is 0.281. The lowest BCUT2D eigenvalue weighted by Crippen LogP contribution is -2.15. The molecule has 0 aliphatic heterocycles. The van der Waals surface area contributed by atoms with Crippen molar-refractivity contribution in [3.8, 4) is 33.7 Å². The number of carbonyl (C=O) groups excluding carboxylic acids is 1. The second-order valence-corrected chi connectivity index (χ2v) is 8.77. The van der Waals surface area contributed by atoms with Gasteiger partial charge in [-0.1, -0.05) is 11.3 Å². The Morgan fingerprint density at radius 3 is 2.53 bits per heavy atom. The number of pyridine rings is 2. The molecule has 0 unspecified atom stereocenters. The van der Waals surface area contributed by atoms with Crippen molar-refractivity contribution in [1.82, 2.24) is 24.7 Å². The number of aromatic nitrogens is 5. The van der Waals surface area contributed by atoms with E-state index in [2.05, 4.69) is 25.4 Å². The third kappa shape index (κ3) is 4.99. The van der Waals surface area contributed by atoms with Gasteiger partial charge in [-0.2, -0.15) is 5.10 Å². The van der Waals surface area contributed by atoms with Crippen molar-refractivity contribution in [2.24, 2.45) is 0 Å². The van der Waals surface area contributed by atoms with Crippen LogP contribution in [0.25, 0.3) is 15.9 Å². The largest absolute Gasteiger partial charge is 0.493 e. The molecule has 0 saturated heterocycles. The topological polar surface area (TPSA) is 149 Å². The molecule has 13 heteroatoms. The molecule has 0 aliphatic rings. The number of anilines is 2. The molecule has 0 spiro atoms. The van der Waals surface area contributed by atoms with Gasteiger partial charge in [-0.05, 0) is 31.2 Å². The Labute approximate surface area is 221 Å². The van der Waals surface area contributed by atoms with Crippen LogP contribution < -0.4 is 30.0 Å². The van der Waals surface area contributed by atoms with Gasteiger partial charge in [0, 0.05) is 17.6 Å². The molecular formula is C25H23N7O5S. The van der Waals surface area contributed by atoms with Gasteiger partial charge >= 0.3 is 0 Å². The fourth-order valence-corrected chi connectivity index (χ4v) is 4.24. The number of nitrogen functional groups attached to an aromatic ring is 1. The Hall–Kier alpha value is -4.91. The number of nitrogens with one attached hydrogen (secondary N) is 1. The van der Waals surface area contributed by atoms with Gasteiger partial charge in [0.15, 0.2) is 28.1 Å². The van der Waals surface area contributed by atoms with Crippen LogP contribution in [0.4, 0.5) is 10.9 Å². The smallest absolute Gasteiger partial charge is 0.281 e. The van der Waals surface area contributed by atoms with Crippen LogP contribution in [-0.2, 0) is 0 Å². The van der Waals surface area contributed by atoms with E-state index in [1.165, 1.54) is 22.2 Å². The molecule has 0 atom stereocenters. The van der Waals surface area contributed by atoms with Crippen LogP contribution in [0.3, 0.4) is 0 Å². The summed E-state index contributed by atoms with van der Waals surface area (Å²) >= 11 is 1.24. The summed E-state index contributed by atoms with van der Waals surface area (Å²) in [4.78, 5) is 25.7. The summed E-state index contributed by atoms with van der Waals surface area (Å²) in [5, 5.41) is 8.88. The number of hydrogen-bond donors (Lipinski definition) is 2.